The van der Waals surface area contributed by atoms with E-state index in [0.29, 0.717) is 0 Å². The Hall–Kier alpha value is -0.393. The molecular formula is C7H11LiO3. The molecule has 0 aliphatic rings. The summed E-state index contributed by atoms with van der Waals surface area (Å²) >= 11 is 0. The average Bonchev–Trinajstić information content (AvgIpc) is 1.59. The zero-order valence-corrected chi connectivity index (χ0v) is 7.30. The molecule has 0 radical (unpaired) electrons. The minimum Gasteiger partial charge on any atom is -1.00 e. The van der Waals surface area contributed by atoms with Crippen LogP contribution in [0.5, 0.6) is 0 Å². The smallest absolute Gasteiger partial charge is 1.00 e. The summed E-state index contributed by atoms with van der Waals surface area (Å²) in [6.07, 6.45) is 0. The molecule has 0 aliphatic heterocycles. The normalized spacial score (nSPS) is 8.73. The number of carbonyl (C=O) groups is 3. The van der Waals surface area contributed by atoms with Crippen molar-refractivity contribution < 1.29 is 34.7 Å². The molecular weight excluding hydrogens is 139 g/mol. The second kappa shape index (κ2) is 5.28. The van der Waals surface area contributed by atoms with Gasteiger partial charge in [-0.25, -0.2) is 0 Å². The molecule has 0 N–H and O–H groups in total. The number of carbonyl (C=O) groups excluding carboxylic acids is 3. The van der Waals surface area contributed by atoms with Crippen LogP contribution in [0.1, 0.15) is 22.2 Å². The standard InChI is InChI=1S/C7H10O3.Li.H/c1-4(8)7(5(2)9)6(3)10;;/h7H,1-3H3;;/q;+1;-1. The molecule has 3 nitrogen and oxygen atoms in total. The molecule has 0 unspecified atom stereocenters. The number of hydrogen-bond acceptors (Lipinski definition) is 3. The van der Waals surface area contributed by atoms with Crippen LogP contribution >= 0.6 is 0 Å². The quantitative estimate of drug-likeness (QED) is 0.329. The predicted molar refractivity (Wildman–Crippen MR) is 36.6 cm³/mol. The van der Waals surface area contributed by atoms with E-state index in [4.69, 9.17) is 0 Å². The van der Waals surface area contributed by atoms with Crippen molar-refractivity contribution in [2.75, 3.05) is 0 Å². The van der Waals surface area contributed by atoms with Gasteiger partial charge in [0.1, 0.15) is 23.3 Å². The van der Waals surface area contributed by atoms with Gasteiger partial charge in [-0.05, 0) is 20.8 Å². The molecule has 0 aromatic heterocycles. The Morgan fingerprint density at radius 1 is 0.909 bits per heavy atom. The molecule has 11 heavy (non-hydrogen) atoms. The molecule has 0 atom stereocenters. The van der Waals surface area contributed by atoms with Crippen LogP contribution in [-0.4, -0.2) is 17.3 Å². The number of ketones is 3. The molecule has 0 aliphatic carbocycles. The molecule has 0 aromatic rings. The molecule has 0 heterocycles. The first-order chi connectivity index (χ1) is 4.46. The molecule has 4 heteroatoms. The van der Waals surface area contributed by atoms with Crippen molar-refractivity contribution in [1.29, 1.82) is 0 Å². The average molecular weight is 150 g/mol. The van der Waals surface area contributed by atoms with E-state index in [1.807, 2.05) is 0 Å². The van der Waals surface area contributed by atoms with Crippen molar-refractivity contribution in [2.24, 2.45) is 5.92 Å². The van der Waals surface area contributed by atoms with Gasteiger partial charge in [0.2, 0.25) is 0 Å². The van der Waals surface area contributed by atoms with Crippen molar-refractivity contribution in [2.45, 2.75) is 20.8 Å². The van der Waals surface area contributed by atoms with Crippen molar-refractivity contribution in [3.05, 3.63) is 0 Å². The molecule has 0 saturated carbocycles. The first-order valence-electron chi connectivity index (χ1n) is 2.98. The molecule has 0 spiro atoms. The van der Waals surface area contributed by atoms with Crippen LogP contribution in [0, 0.1) is 5.92 Å². The predicted octanol–water partition coefficient (Wildman–Crippen LogP) is -2.51. The van der Waals surface area contributed by atoms with Crippen LogP contribution < -0.4 is 18.9 Å². The van der Waals surface area contributed by atoms with Crippen molar-refractivity contribution in [3.63, 3.8) is 0 Å². The first-order valence-corrected chi connectivity index (χ1v) is 2.98. The largest absolute Gasteiger partial charge is 1.00 e. The third-order valence-corrected chi connectivity index (χ3v) is 1.22. The van der Waals surface area contributed by atoms with E-state index < -0.39 is 5.92 Å². The monoisotopic (exact) mass is 150 g/mol. The summed E-state index contributed by atoms with van der Waals surface area (Å²) in [5.74, 6) is -2.15. The fourth-order valence-electron chi connectivity index (χ4n) is 0.859. The Morgan fingerprint density at radius 3 is 1.09 bits per heavy atom. The molecule has 0 saturated heterocycles. The van der Waals surface area contributed by atoms with Gasteiger partial charge in [0.05, 0.1) is 0 Å². The maximum atomic E-state index is 10.6. The van der Waals surface area contributed by atoms with Gasteiger partial charge < -0.3 is 1.43 Å². The summed E-state index contributed by atoms with van der Waals surface area (Å²) < 4.78 is 0. The topological polar surface area (TPSA) is 51.2 Å². The van der Waals surface area contributed by atoms with Gasteiger partial charge in [-0.3, -0.25) is 14.4 Å². The van der Waals surface area contributed by atoms with Crippen LogP contribution in [0.15, 0.2) is 0 Å². The van der Waals surface area contributed by atoms with Gasteiger partial charge in [0.25, 0.3) is 0 Å². The van der Waals surface area contributed by atoms with E-state index in [1.165, 1.54) is 20.8 Å². The zero-order chi connectivity index (χ0) is 8.31. The molecule has 0 amide bonds. The summed E-state index contributed by atoms with van der Waals surface area (Å²) in [5, 5.41) is 0. The van der Waals surface area contributed by atoms with Gasteiger partial charge in [-0.2, -0.15) is 0 Å². The van der Waals surface area contributed by atoms with Crippen LogP contribution in [0.25, 0.3) is 0 Å². The summed E-state index contributed by atoms with van der Waals surface area (Å²) in [7, 11) is 0. The molecule has 0 rings (SSSR count). The van der Waals surface area contributed by atoms with Crippen LogP contribution in [0.4, 0.5) is 0 Å². The van der Waals surface area contributed by atoms with Gasteiger partial charge in [0, 0.05) is 0 Å². The molecule has 0 bridgehead atoms. The first kappa shape index (κ1) is 13.2. The van der Waals surface area contributed by atoms with E-state index >= 15 is 0 Å². The van der Waals surface area contributed by atoms with Gasteiger partial charge in [-0.15, -0.1) is 0 Å². The van der Waals surface area contributed by atoms with Crippen molar-refractivity contribution >= 4 is 17.3 Å². The third-order valence-electron chi connectivity index (χ3n) is 1.22. The van der Waals surface area contributed by atoms with Gasteiger partial charge >= 0.3 is 18.9 Å². The third kappa shape index (κ3) is 4.13. The van der Waals surface area contributed by atoms with Crippen LogP contribution in [0.3, 0.4) is 0 Å². The van der Waals surface area contributed by atoms with Gasteiger partial charge in [-0.1, -0.05) is 0 Å². The Bertz CT molecular complexity index is 158. The molecule has 0 fully saturated rings. The minimum absolute atomic E-state index is 0. The fourth-order valence-corrected chi connectivity index (χ4v) is 0.859. The second-order valence-corrected chi connectivity index (χ2v) is 2.26. The maximum Gasteiger partial charge on any atom is 1.00 e. The van der Waals surface area contributed by atoms with Gasteiger partial charge in [0.15, 0.2) is 0 Å². The summed E-state index contributed by atoms with van der Waals surface area (Å²) in [4.78, 5) is 31.8. The number of Topliss-reactive ketones (excluding diaryl/α,β-unsaturated/α-hetero) is 3. The SMILES string of the molecule is CC(=O)C(C(C)=O)C(C)=O.[H-].[Li+]. The van der Waals surface area contributed by atoms with E-state index in [1.54, 1.807) is 0 Å². The van der Waals surface area contributed by atoms with E-state index in [0.717, 1.165) is 0 Å². The summed E-state index contributed by atoms with van der Waals surface area (Å²) in [6.45, 7) is 3.73. The Kier molecular flexibility index (Phi) is 6.35. The maximum absolute atomic E-state index is 10.6. The summed E-state index contributed by atoms with van der Waals surface area (Å²) in [5.41, 5.74) is 0. The van der Waals surface area contributed by atoms with Crippen LogP contribution in [0.2, 0.25) is 0 Å². The van der Waals surface area contributed by atoms with E-state index in [9.17, 15) is 14.4 Å². The van der Waals surface area contributed by atoms with E-state index in [2.05, 4.69) is 0 Å². The fraction of sp³-hybridized carbons (Fsp3) is 0.571. The second-order valence-electron chi connectivity index (χ2n) is 2.26. The Labute approximate surface area is 79.2 Å². The van der Waals surface area contributed by atoms with Crippen molar-refractivity contribution in [3.8, 4) is 0 Å². The molecule has 0 aromatic carbocycles. The Morgan fingerprint density at radius 2 is 1.09 bits per heavy atom. The summed E-state index contributed by atoms with van der Waals surface area (Å²) in [6, 6.07) is 0. The van der Waals surface area contributed by atoms with Crippen LogP contribution in [-0.2, 0) is 14.4 Å². The Balaban J connectivity index is -0.000000405. The van der Waals surface area contributed by atoms with Crippen molar-refractivity contribution in [1.82, 2.24) is 0 Å². The van der Waals surface area contributed by atoms with E-state index in [-0.39, 0.29) is 37.6 Å². The number of hydrogen-bond donors (Lipinski definition) is 0. The molecule has 58 valence electrons. The number of rotatable bonds is 3. The zero-order valence-electron chi connectivity index (χ0n) is 8.30. The minimum atomic E-state index is -1.03.